The second-order valence-corrected chi connectivity index (χ2v) is 7.42. The maximum absolute atomic E-state index is 12.3. The van der Waals surface area contributed by atoms with Gasteiger partial charge in [-0.15, -0.1) is 11.3 Å². The van der Waals surface area contributed by atoms with Gasteiger partial charge in [0.2, 0.25) is 10.0 Å². The lowest BCUT2D eigenvalue weighted by Gasteiger charge is -2.13. The van der Waals surface area contributed by atoms with Crippen molar-refractivity contribution in [1.29, 1.82) is 0 Å². The highest BCUT2D eigenvalue weighted by Crippen LogP contribution is 2.25. The molecule has 3 N–H and O–H groups in total. The zero-order chi connectivity index (χ0) is 14.0. The van der Waals surface area contributed by atoms with E-state index in [0.29, 0.717) is 9.48 Å². The highest BCUT2D eigenvalue weighted by molar-refractivity contribution is 9.10. The highest BCUT2D eigenvalue weighted by Gasteiger charge is 2.22. The van der Waals surface area contributed by atoms with Gasteiger partial charge in [-0.25, -0.2) is 18.1 Å². The van der Waals surface area contributed by atoms with Gasteiger partial charge in [0.05, 0.1) is 11.7 Å². The molecule has 0 aliphatic carbocycles. The van der Waals surface area contributed by atoms with E-state index < -0.39 is 16.1 Å². The van der Waals surface area contributed by atoms with E-state index in [-0.39, 0.29) is 10.6 Å². The van der Waals surface area contributed by atoms with Crippen LogP contribution in [0.1, 0.15) is 18.0 Å². The number of aromatic nitrogens is 1. The van der Waals surface area contributed by atoms with E-state index in [4.69, 9.17) is 5.73 Å². The van der Waals surface area contributed by atoms with Crippen LogP contribution < -0.4 is 10.5 Å². The Labute approximate surface area is 124 Å². The maximum atomic E-state index is 12.3. The second kappa shape index (κ2) is 5.58. The number of hydrogen-bond acceptors (Lipinski definition) is 5. The van der Waals surface area contributed by atoms with Gasteiger partial charge < -0.3 is 5.73 Å². The number of benzene rings is 1. The van der Waals surface area contributed by atoms with Crippen LogP contribution in [0.5, 0.6) is 0 Å². The number of nitrogens with one attached hydrogen (secondary N) is 1. The van der Waals surface area contributed by atoms with Crippen molar-refractivity contribution in [2.75, 3.05) is 5.73 Å². The number of thiazole rings is 1. The second-order valence-electron chi connectivity index (χ2n) is 3.90. The summed E-state index contributed by atoms with van der Waals surface area (Å²) in [6, 6.07) is 4.32. The number of halogens is 1. The molecule has 1 heterocycles. The number of nitrogens with zero attached hydrogens (tertiary/aromatic N) is 1. The first-order valence-corrected chi connectivity index (χ1v) is 8.52. The number of rotatable bonds is 4. The molecule has 0 radical (unpaired) electrons. The molecule has 0 aliphatic heterocycles. The van der Waals surface area contributed by atoms with E-state index in [9.17, 15) is 8.42 Å². The van der Waals surface area contributed by atoms with Gasteiger partial charge in [-0.2, -0.15) is 0 Å². The van der Waals surface area contributed by atoms with Gasteiger partial charge in [0, 0.05) is 16.0 Å². The predicted octanol–water partition coefficient (Wildman–Crippen LogP) is 2.53. The van der Waals surface area contributed by atoms with Crippen molar-refractivity contribution in [3.63, 3.8) is 0 Å². The minimum Gasteiger partial charge on any atom is -0.398 e. The van der Waals surface area contributed by atoms with Crippen LogP contribution >= 0.6 is 27.3 Å². The molecular formula is C11H12BrN3O2S2. The molecule has 5 nitrogen and oxygen atoms in total. The van der Waals surface area contributed by atoms with Gasteiger partial charge >= 0.3 is 0 Å². The number of hydrogen-bond donors (Lipinski definition) is 2. The molecule has 1 atom stereocenters. The molecule has 2 rings (SSSR count). The summed E-state index contributed by atoms with van der Waals surface area (Å²) >= 11 is 4.63. The van der Waals surface area contributed by atoms with Crippen LogP contribution in [0.4, 0.5) is 5.69 Å². The molecule has 0 saturated carbocycles. The first kappa shape index (κ1) is 14.4. The Morgan fingerprint density at radius 2 is 2.21 bits per heavy atom. The van der Waals surface area contributed by atoms with Crippen molar-refractivity contribution in [3.8, 4) is 0 Å². The van der Waals surface area contributed by atoms with Gasteiger partial charge in [0.25, 0.3) is 0 Å². The average Bonchev–Trinajstić information content (AvgIpc) is 2.85. The van der Waals surface area contributed by atoms with Crippen LogP contribution in [-0.4, -0.2) is 13.4 Å². The van der Waals surface area contributed by atoms with E-state index >= 15 is 0 Å². The van der Waals surface area contributed by atoms with Crippen LogP contribution in [0, 0.1) is 0 Å². The first-order valence-electron chi connectivity index (χ1n) is 5.37. The van der Waals surface area contributed by atoms with Crippen LogP contribution in [-0.2, 0) is 10.0 Å². The fraction of sp³-hybridized carbons (Fsp3) is 0.182. The van der Waals surface area contributed by atoms with E-state index in [2.05, 4.69) is 25.6 Å². The first-order chi connectivity index (χ1) is 8.90. The van der Waals surface area contributed by atoms with Gasteiger partial charge in [-0.1, -0.05) is 15.9 Å². The normalized spacial score (nSPS) is 13.4. The van der Waals surface area contributed by atoms with Crippen molar-refractivity contribution in [1.82, 2.24) is 9.71 Å². The molecule has 1 aromatic heterocycles. The Hall–Kier alpha value is -0.960. The van der Waals surface area contributed by atoms with Gasteiger partial charge in [0.15, 0.2) is 0 Å². The Morgan fingerprint density at radius 1 is 1.47 bits per heavy atom. The molecule has 1 aromatic carbocycles. The zero-order valence-electron chi connectivity index (χ0n) is 10.00. The molecule has 0 bridgehead atoms. The Morgan fingerprint density at radius 3 is 2.84 bits per heavy atom. The van der Waals surface area contributed by atoms with Crippen LogP contribution in [0.2, 0.25) is 0 Å². The maximum Gasteiger partial charge on any atom is 0.243 e. The SMILES string of the molecule is CC(NS(=O)(=O)c1cc(Br)ccc1N)c1nccs1. The van der Waals surface area contributed by atoms with Crippen LogP contribution in [0.15, 0.2) is 39.1 Å². The summed E-state index contributed by atoms with van der Waals surface area (Å²) in [6.07, 6.45) is 1.64. The lowest BCUT2D eigenvalue weighted by Crippen LogP contribution is -2.27. The van der Waals surface area contributed by atoms with Gasteiger partial charge in [-0.3, -0.25) is 0 Å². The molecule has 19 heavy (non-hydrogen) atoms. The summed E-state index contributed by atoms with van der Waals surface area (Å²) in [5.41, 5.74) is 5.93. The molecule has 2 aromatic rings. The third-order valence-corrected chi connectivity index (χ3v) is 5.47. The minimum atomic E-state index is -3.68. The summed E-state index contributed by atoms with van der Waals surface area (Å²) in [6.45, 7) is 1.74. The molecule has 102 valence electrons. The zero-order valence-corrected chi connectivity index (χ0v) is 13.2. The molecule has 1 unspecified atom stereocenters. The van der Waals surface area contributed by atoms with Crippen LogP contribution in [0.3, 0.4) is 0 Å². The third kappa shape index (κ3) is 3.33. The number of nitrogens with two attached hydrogens (primary N) is 1. The molecule has 0 amide bonds. The quantitative estimate of drug-likeness (QED) is 0.819. The van der Waals surface area contributed by atoms with E-state index in [1.807, 2.05) is 0 Å². The molecule has 0 aliphatic rings. The van der Waals surface area contributed by atoms with Crippen molar-refractivity contribution in [2.24, 2.45) is 0 Å². The Bertz CT molecular complexity index is 671. The van der Waals surface area contributed by atoms with Crippen molar-refractivity contribution in [3.05, 3.63) is 39.3 Å². The van der Waals surface area contributed by atoms with Crippen molar-refractivity contribution in [2.45, 2.75) is 17.9 Å². The number of nitrogen functional groups attached to an aromatic ring is 1. The number of anilines is 1. The predicted molar refractivity (Wildman–Crippen MR) is 79.4 cm³/mol. The topological polar surface area (TPSA) is 85.1 Å². The monoisotopic (exact) mass is 361 g/mol. The van der Waals surface area contributed by atoms with Crippen molar-refractivity contribution >= 4 is 43.0 Å². The average molecular weight is 362 g/mol. The molecule has 0 saturated heterocycles. The lowest BCUT2D eigenvalue weighted by atomic mass is 10.3. The van der Waals surface area contributed by atoms with E-state index in [0.717, 1.165) is 0 Å². The molecule has 8 heteroatoms. The molecule has 0 spiro atoms. The number of sulfonamides is 1. The molecule has 0 fully saturated rings. The standard InChI is InChI=1S/C11H12BrN3O2S2/c1-7(11-14-4-5-18-11)15-19(16,17)10-6-8(12)2-3-9(10)13/h2-7,15H,13H2,1H3. The van der Waals surface area contributed by atoms with E-state index in [1.54, 1.807) is 30.6 Å². The molecular weight excluding hydrogens is 350 g/mol. The van der Waals surface area contributed by atoms with Crippen LogP contribution in [0.25, 0.3) is 0 Å². The summed E-state index contributed by atoms with van der Waals surface area (Å²) in [7, 11) is -3.68. The van der Waals surface area contributed by atoms with E-state index in [1.165, 1.54) is 17.4 Å². The fourth-order valence-corrected chi connectivity index (χ4v) is 4.13. The van der Waals surface area contributed by atoms with Crippen molar-refractivity contribution < 1.29 is 8.42 Å². The van der Waals surface area contributed by atoms with Gasteiger partial charge in [-0.05, 0) is 25.1 Å². The Balaban J connectivity index is 2.30. The summed E-state index contributed by atoms with van der Waals surface area (Å²) in [4.78, 5) is 4.15. The smallest absolute Gasteiger partial charge is 0.243 e. The fourth-order valence-electron chi connectivity index (χ4n) is 1.54. The van der Waals surface area contributed by atoms with Gasteiger partial charge in [0.1, 0.15) is 9.90 Å². The highest BCUT2D eigenvalue weighted by atomic mass is 79.9. The Kier molecular flexibility index (Phi) is 4.24. The largest absolute Gasteiger partial charge is 0.398 e. The third-order valence-electron chi connectivity index (χ3n) is 2.42. The lowest BCUT2D eigenvalue weighted by molar-refractivity contribution is 0.566. The summed E-state index contributed by atoms with van der Waals surface area (Å²) < 4.78 is 27.8. The summed E-state index contributed by atoms with van der Waals surface area (Å²) in [5, 5.41) is 2.50. The minimum absolute atomic E-state index is 0.0604. The summed E-state index contributed by atoms with van der Waals surface area (Å²) in [5.74, 6) is 0.